The van der Waals surface area contributed by atoms with E-state index in [-0.39, 0.29) is 11.5 Å². The number of benzene rings is 1. The zero-order chi connectivity index (χ0) is 21.3. The molecule has 2 aliphatic rings. The van der Waals surface area contributed by atoms with Gasteiger partial charge < -0.3 is 19.7 Å². The molecule has 1 aromatic carbocycles. The molecule has 1 unspecified atom stereocenters. The molecule has 1 atom stereocenters. The van der Waals surface area contributed by atoms with Crippen LogP contribution in [0.15, 0.2) is 12.1 Å². The smallest absolute Gasteiger partial charge is 0.490 e. The third-order valence-electron chi connectivity index (χ3n) is 5.88. The lowest BCUT2D eigenvalue weighted by molar-refractivity contribution is -0.275. The van der Waals surface area contributed by atoms with Crippen molar-refractivity contribution in [2.45, 2.75) is 45.4 Å². The Balaban J connectivity index is 1.63. The van der Waals surface area contributed by atoms with Crippen LogP contribution in [0.5, 0.6) is 11.5 Å². The topological polar surface area (TPSA) is 46.6 Å². The molecule has 5 nitrogen and oxygen atoms in total. The minimum Gasteiger partial charge on any atom is -0.490 e. The molecule has 1 aliphatic carbocycles. The van der Waals surface area contributed by atoms with Gasteiger partial charge in [-0.1, -0.05) is 6.92 Å². The summed E-state index contributed by atoms with van der Waals surface area (Å²) in [5.41, 5.74) is 3.53. The summed E-state index contributed by atoms with van der Waals surface area (Å²) in [4.78, 5) is 7.09. The van der Waals surface area contributed by atoms with Gasteiger partial charge in [-0.15, -0.1) is 13.2 Å². The lowest BCUT2D eigenvalue weighted by Gasteiger charge is -2.18. The summed E-state index contributed by atoms with van der Waals surface area (Å²) < 4.78 is 49.2. The van der Waals surface area contributed by atoms with E-state index >= 15 is 0 Å². The molecule has 0 amide bonds. The van der Waals surface area contributed by atoms with E-state index in [2.05, 4.69) is 21.9 Å². The Bertz CT molecular complexity index is 911. The van der Waals surface area contributed by atoms with Crippen molar-refractivity contribution in [1.29, 1.82) is 0 Å². The summed E-state index contributed by atoms with van der Waals surface area (Å²) in [6.45, 7) is 5.53. The number of alkyl halides is 3. The Morgan fingerprint density at radius 1 is 1.17 bits per heavy atom. The van der Waals surface area contributed by atoms with E-state index in [4.69, 9.17) is 9.72 Å². The summed E-state index contributed by atoms with van der Waals surface area (Å²) in [6, 6.07) is 2.98. The number of hydrogen-bond acceptors (Lipinski definition) is 5. The molecule has 1 N–H and O–H groups in total. The van der Waals surface area contributed by atoms with Crippen molar-refractivity contribution in [1.82, 2.24) is 9.88 Å². The van der Waals surface area contributed by atoms with E-state index in [1.54, 1.807) is 13.1 Å². The van der Waals surface area contributed by atoms with Crippen molar-refractivity contribution in [3.8, 4) is 11.5 Å². The minimum absolute atomic E-state index is 0.0850. The molecule has 30 heavy (non-hydrogen) atoms. The molecule has 8 heteroatoms. The van der Waals surface area contributed by atoms with Gasteiger partial charge in [-0.25, -0.2) is 0 Å². The van der Waals surface area contributed by atoms with Gasteiger partial charge in [-0.3, -0.25) is 4.98 Å². The second-order valence-electron chi connectivity index (χ2n) is 8.29. The molecular formula is C22H28F3N3O2. The van der Waals surface area contributed by atoms with Gasteiger partial charge in [0.25, 0.3) is 0 Å². The first-order valence-electron chi connectivity index (χ1n) is 10.6. The minimum atomic E-state index is -4.79. The molecule has 2 heterocycles. The van der Waals surface area contributed by atoms with Gasteiger partial charge >= 0.3 is 6.36 Å². The van der Waals surface area contributed by atoms with E-state index in [0.29, 0.717) is 23.4 Å². The summed E-state index contributed by atoms with van der Waals surface area (Å²) in [7, 11) is 1.78. The predicted octanol–water partition coefficient (Wildman–Crippen LogP) is 4.77. The SMILES string of the molecule is CNc1c2c(nc3cc(OCCCN4CCCC4)c(OC(F)(F)F)cc13)CC(C)C2. The van der Waals surface area contributed by atoms with Crippen LogP contribution in [-0.2, 0) is 12.8 Å². The molecular weight excluding hydrogens is 395 g/mol. The molecule has 1 aromatic heterocycles. The van der Waals surface area contributed by atoms with Crippen molar-refractivity contribution in [3.05, 3.63) is 23.4 Å². The molecule has 0 radical (unpaired) electrons. The Hall–Kier alpha value is -2.22. The molecule has 1 fully saturated rings. The fraction of sp³-hybridized carbons (Fsp3) is 0.591. The van der Waals surface area contributed by atoms with E-state index < -0.39 is 6.36 Å². The van der Waals surface area contributed by atoms with Crippen LogP contribution in [0.4, 0.5) is 18.9 Å². The predicted molar refractivity (Wildman–Crippen MR) is 110 cm³/mol. The summed E-state index contributed by atoms with van der Waals surface area (Å²) in [6.07, 6.45) is 0.0979. The van der Waals surface area contributed by atoms with Crippen LogP contribution in [0.25, 0.3) is 10.9 Å². The number of nitrogens with zero attached hydrogens (tertiary/aromatic N) is 2. The van der Waals surface area contributed by atoms with Gasteiger partial charge in [0.2, 0.25) is 0 Å². The van der Waals surface area contributed by atoms with Crippen LogP contribution in [0.2, 0.25) is 0 Å². The highest BCUT2D eigenvalue weighted by Crippen LogP contribution is 2.42. The molecule has 0 bridgehead atoms. The number of ether oxygens (including phenoxy) is 2. The van der Waals surface area contributed by atoms with Crippen LogP contribution in [0, 0.1) is 5.92 Å². The average molecular weight is 423 g/mol. The van der Waals surface area contributed by atoms with Crippen molar-refractivity contribution >= 4 is 16.6 Å². The Kier molecular flexibility index (Phi) is 5.95. The summed E-state index contributed by atoms with van der Waals surface area (Å²) in [5, 5.41) is 3.78. The van der Waals surface area contributed by atoms with Crippen LogP contribution < -0.4 is 14.8 Å². The number of likely N-dealkylation sites (tertiary alicyclic amines) is 1. The number of rotatable bonds is 7. The number of fused-ring (bicyclic) bond motifs is 2. The van der Waals surface area contributed by atoms with E-state index in [1.807, 2.05) is 0 Å². The van der Waals surface area contributed by atoms with Crippen LogP contribution in [0.1, 0.15) is 37.4 Å². The molecule has 0 spiro atoms. The van der Waals surface area contributed by atoms with Gasteiger partial charge in [-0.2, -0.15) is 0 Å². The molecule has 164 valence electrons. The summed E-state index contributed by atoms with van der Waals surface area (Å²) >= 11 is 0. The molecule has 0 saturated carbocycles. The van der Waals surface area contributed by atoms with Gasteiger partial charge in [-0.05, 0) is 62.7 Å². The first kappa shape index (κ1) is 21.0. The molecule has 4 rings (SSSR count). The van der Waals surface area contributed by atoms with Gasteiger partial charge in [0, 0.05) is 36.4 Å². The fourth-order valence-electron chi connectivity index (χ4n) is 4.58. The first-order chi connectivity index (χ1) is 14.3. The number of nitrogens with one attached hydrogen (secondary N) is 1. The second-order valence-corrected chi connectivity index (χ2v) is 8.29. The molecule has 2 aromatic rings. The van der Waals surface area contributed by atoms with Gasteiger partial charge in [0.1, 0.15) is 0 Å². The number of anilines is 1. The highest BCUT2D eigenvalue weighted by molar-refractivity contribution is 5.96. The fourth-order valence-corrected chi connectivity index (χ4v) is 4.58. The zero-order valence-corrected chi connectivity index (χ0v) is 17.4. The Morgan fingerprint density at radius 3 is 2.63 bits per heavy atom. The monoisotopic (exact) mass is 423 g/mol. The molecule has 1 aliphatic heterocycles. The maximum absolute atomic E-state index is 13.1. The third kappa shape index (κ3) is 4.58. The van der Waals surface area contributed by atoms with Crippen molar-refractivity contribution in [3.63, 3.8) is 0 Å². The Morgan fingerprint density at radius 2 is 1.93 bits per heavy atom. The van der Waals surface area contributed by atoms with E-state index in [9.17, 15) is 13.2 Å². The lowest BCUT2D eigenvalue weighted by atomic mass is 10.1. The van der Waals surface area contributed by atoms with Gasteiger partial charge in [0.05, 0.1) is 12.1 Å². The molecule has 1 saturated heterocycles. The Labute approximate surface area is 174 Å². The van der Waals surface area contributed by atoms with Gasteiger partial charge in [0.15, 0.2) is 11.5 Å². The normalized spacial score (nSPS) is 19.3. The van der Waals surface area contributed by atoms with Crippen LogP contribution in [-0.4, -0.2) is 49.5 Å². The first-order valence-corrected chi connectivity index (χ1v) is 10.6. The van der Waals surface area contributed by atoms with Crippen LogP contribution >= 0.6 is 0 Å². The number of aromatic nitrogens is 1. The number of halogens is 3. The maximum atomic E-state index is 13.1. The van der Waals surface area contributed by atoms with Crippen LogP contribution in [0.3, 0.4) is 0 Å². The van der Waals surface area contributed by atoms with Crippen molar-refractivity contribution in [2.75, 3.05) is 38.6 Å². The second kappa shape index (κ2) is 8.49. The average Bonchev–Trinajstić information content (AvgIpc) is 3.31. The highest BCUT2D eigenvalue weighted by atomic mass is 19.4. The zero-order valence-electron chi connectivity index (χ0n) is 17.4. The summed E-state index contributed by atoms with van der Waals surface area (Å²) in [5.74, 6) is 0.228. The third-order valence-corrected chi connectivity index (χ3v) is 5.88. The number of pyridine rings is 1. The van der Waals surface area contributed by atoms with Crippen molar-refractivity contribution in [2.24, 2.45) is 5.92 Å². The maximum Gasteiger partial charge on any atom is 0.573 e. The van der Waals surface area contributed by atoms with Crippen molar-refractivity contribution < 1.29 is 22.6 Å². The van der Waals surface area contributed by atoms with E-state index in [1.165, 1.54) is 18.9 Å². The lowest BCUT2D eigenvalue weighted by Crippen LogP contribution is -2.22. The standard InChI is InChI=1S/C22H28F3N3O2/c1-14-10-15-17(11-14)27-18-13-19(29-9-5-8-28-6-3-4-7-28)20(30-22(23,24)25)12-16(18)21(15)26-2/h12-14H,3-11H2,1-2H3,(H,26,27). The number of hydrogen-bond donors (Lipinski definition) is 1. The highest BCUT2D eigenvalue weighted by Gasteiger charge is 2.33. The van der Waals surface area contributed by atoms with E-state index in [0.717, 1.165) is 55.8 Å². The largest absolute Gasteiger partial charge is 0.573 e. The quantitative estimate of drug-likeness (QED) is 0.650.